The number of nitrogens with one attached hydrogen (secondary N) is 5. The monoisotopic (exact) mass is 515 g/mol. The van der Waals surface area contributed by atoms with Crippen LogP contribution in [-0.2, 0) is 33.4 Å². The van der Waals surface area contributed by atoms with Crippen molar-refractivity contribution in [3.05, 3.63) is 0 Å². The Morgan fingerprint density at radius 1 is 0.639 bits per heavy atom. The van der Waals surface area contributed by atoms with Crippen LogP contribution >= 0.6 is 0 Å². The minimum Gasteiger partial charge on any atom is -0.378 e. The molecule has 0 spiro atoms. The smallest absolute Gasteiger partial charge is 0.239 e. The molecule has 0 heterocycles. The quantitative estimate of drug-likeness (QED) is 0.146. The van der Waals surface area contributed by atoms with Crippen LogP contribution in [0.4, 0.5) is 0 Å². The van der Waals surface area contributed by atoms with E-state index in [1.165, 1.54) is 0 Å². The van der Waals surface area contributed by atoms with Crippen LogP contribution < -0.4 is 26.6 Å². The fourth-order valence-corrected chi connectivity index (χ4v) is 2.61. The number of unbranched alkanes of at least 4 members (excludes halogenated alkanes) is 2. The average molecular weight is 516 g/mol. The van der Waals surface area contributed by atoms with E-state index in [1.54, 1.807) is 7.11 Å². The maximum Gasteiger partial charge on any atom is 0.239 e. The number of ether oxygens (including phenoxy) is 2. The van der Waals surface area contributed by atoms with Gasteiger partial charge in [-0.15, -0.1) is 0 Å². The minimum absolute atomic E-state index is 0.216. The number of carbonyl (C=O) groups excluding carboxylic acids is 5. The van der Waals surface area contributed by atoms with E-state index in [0.717, 1.165) is 19.3 Å². The summed E-state index contributed by atoms with van der Waals surface area (Å²) in [4.78, 5) is 59.0. The van der Waals surface area contributed by atoms with Gasteiger partial charge >= 0.3 is 0 Å². The van der Waals surface area contributed by atoms with E-state index >= 15 is 0 Å². The summed E-state index contributed by atoms with van der Waals surface area (Å²) < 4.78 is 11.0. The summed E-state index contributed by atoms with van der Waals surface area (Å²) in [6.45, 7) is 9.81. The third kappa shape index (κ3) is 18.6. The van der Waals surface area contributed by atoms with Crippen LogP contribution in [0, 0.1) is 5.41 Å². The molecule has 0 aliphatic carbocycles. The van der Waals surface area contributed by atoms with Crippen molar-refractivity contribution in [2.75, 3.05) is 53.0 Å². The highest BCUT2D eigenvalue weighted by Gasteiger charge is 2.23. The van der Waals surface area contributed by atoms with Crippen LogP contribution in [0.1, 0.15) is 60.3 Å². The van der Waals surface area contributed by atoms with E-state index in [9.17, 15) is 24.0 Å². The predicted molar refractivity (Wildman–Crippen MR) is 135 cm³/mol. The van der Waals surface area contributed by atoms with Crippen LogP contribution in [0.5, 0.6) is 0 Å². The Morgan fingerprint density at radius 2 is 1.08 bits per heavy atom. The number of rotatable bonds is 19. The molecule has 12 heteroatoms. The molecule has 0 rings (SSSR count). The summed E-state index contributed by atoms with van der Waals surface area (Å²) in [7, 11) is 1.62. The van der Waals surface area contributed by atoms with Crippen molar-refractivity contribution in [3.63, 3.8) is 0 Å². The highest BCUT2D eigenvalue weighted by atomic mass is 16.5. The molecule has 0 aromatic heterocycles. The summed E-state index contributed by atoms with van der Waals surface area (Å²) in [5.41, 5.74) is -0.713. The number of carbonyl (C=O) groups is 5. The normalized spacial score (nSPS) is 11.4. The second-order valence-electron chi connectivity index (χ2n) is 9.96. The second kappa shape index (κ2) is 17.7. The first-order valence-corrected chi connectivity index (χ1v) is 12.3. The molecule has 0 bridgehead atoms. The molecule has 208 valence electrons. The first kappa shape index (κ1) is 33.3. The number of methoxy groups -OCH3 is 1. The second-order valence-corrected chi connectivity index (χ2v) is 9.96. The van der Waals surface area contributed by atoms with Crippen LogP contribution in [0.3, 0.4) is 0 Å². The van der Waals surface area contributed by atoms with Gasteiger partial charge in [0.2, 0.25) is 29.5 Å². The lowest BCUT2D eigenvalue weighted by Gasteiger charge is -2.28. The molecule has 12 nitrogen and oxygen atoms in total. The summed E-state index contributed by atoms with van der Waals surface area (Å²) in [6.07, 6.45) is 3.06. The Balaban J connectivity index is 3.99. The fourth-order valence-electron chi connectivity index (χ4n) is 2.61. The lowest BCUT2D eigenvalue weighted by molar-refractivity contribution is -0.129. The molecule has 0 aliphatic rings. The van der Waals surface area contributed by atoms with Crippen molar-refractivity contribution >= 4 is 29.5 Å². The molecular formula is C24H45N5O7. The first-order valence-electron chi connectivity index (χ1n) is 12.3. The predicted octanol–water partition coefficient (Wildman–Crippen LogP) is -0.384. The fraction of sp³-hybridized carbons (Fsp3) is 0.792. The van der Waals surface area contributed by atoms with Crippen molar-refractivity contribution in [2.24, 2.45) is 5.41 Å². The minimum atomic E-state index is -0.573. The van der Waals surface area contributed by atoms with Gasteiger partial charge in [-0.1, -0.05) is 33.6 Å². The molecule has 0 atom stereocenters. The molecule has 5 N–H and O–H groups in total. The molecule has 0 aromatic carbocycles. The standard InChI is InChI=1S/C24H45N5O7/c1-7-8-9-10-18(30)25-11-19(31)26-12-20(32)27-13-21(33)28-14-22(34)29-15-23(2,3)16-36-17-24(4,5)35-6/h7-17H2,1-6H3,(H,25,30)(H,26,31)(H,27,32)(H,28,33)(H,29,34). The van der Waals surface area contributed by atoms with Gasteiger partial charge in [0.15, 0.2) is 0 Å². The highest BCUT2D eigenvalue weighted by molar-refractivity contribution is 5.91. The van der Waals surface area contributed by atoms with Crippen LogP contribution in [0.25, 0.3) is 0 Å². The van der Waals surface area contributed by atoms with Gasteiger partial charge < -0.3 is 36.1 Å². The SMILES string of the molecule is CCCCCC(=O)NCC(=O)NCC(=O)NCC(=O)NCC(=O)NCC(C)(C)COCC(C)(C)OC. The van der Waals surface area contributed by atoms with E-state index in [1.807, 2.05) is 34.6 Å². The lowest BCUT2D eigenvalue weighted by Crippen LogP contribution is -2.46. The zero-order valence-corrected chi connectivity index (χ0v) is 22.6. The first-order chi connectivity index (χ1) is 16.8. The van der Waals surface area contributed by atoms with E-state index < -0.39 is 23.3 Å². The van der Waals surface area contributed by atoms with Gasteiger partial charge in [-0.05, 0) is 20.3 Å². The van der Waals surface area contributed by atoms with E-state index in [-0.39, 0.29) is 43.4 Å². The van der Waals surface area contributed by atoms with E-state index in [4.69, 9.17) is 9.47 Å². The van der Waals surface area contributed by atoms with Gasteiger partial charge in [0.25, 0.3) is 0 Å². The summed E-state index contributed by atoms with van der Waals surface area (Å²) in [5.74, 6) is -2.22. The topological polar surface area (TPSA) is 164 Å². The molecule has 0 unspecified atom stereocenters. The van der Waals surface area contributed by atoms with Crippen LogP contribution in [0.2, 0.25) is 0 Å². The summed E-state index contributed by atoms with van der Waals surface area (Å²) >= 11 is 0. The van der Waals surface area contributed by atoms with Gasteiger partial charge in [0, 0.05) is 25.5 Å². The van der Waals surface area contributed by atoms with Crippen molar-refractivity contribution in [1.29, 1.82) is 0 Å². The van der Waals surface area contributed by atoms with Gasteiger partial charge in [0.1, 0.15) is 0 Å². The van der Waals surface area contributed by atoms with Gasteiger partial charge in [0.05, 0.1) is 45.0 Å². The number of amides is 5. The Hall–Kier alpha value is -2.73. The van der Waals surface area contributed by atoms with Gasteiger partial charge in [-0.2, -0.15) is 0 Å². The van der Waals surface area contributed by atoms with E-state index in [0.29, 0.717) is 26.2 Å². The van der Waals surface area contributed by atoms with Crippen molar-refractivity contribution in [1.82, 2.24) is 26.6 Å². The van der Waals surface area contributed by atoms with Crippen LogP contribution in [-0.4, -0.2) is 88.2 Å². The molecule has 0 saturated carbocycles. The molecule has 0 aliphatic heterocycles. The molecule has 36 heavy (non-hydrogen) atoms. The van der Waals surface area contributed by atoms with Crippen molar-refractivity contribution < 1.29 is 33.4 Å². The zero-order valence-electron chi connectivity index (χ0n) is 22.6. The third-order valence-corrected chi connectivity index (χ3v) is 5.05. The zero-order chi connectivity index (χ0) is 27.6. The number of hydrogen-bond donors (Lipinski definition) is 5. The summed E-state index contributed by atoms with van der Waals surface area (Å²) in [6, 6.07) is 0. The maximum absolute atomic E-state index is 12.0. The van der Waals surface area contributed by atoms with Crippen molar-refractivity contribution in [2.45, 2.75) is 65.9 Å². The van der Waals surface area contributed by atoms with Crippen LogP contribution in [0.15, 0.2) is 0 Å². The maximum atomic E-state index is 12.0. The Morgan fingerprint density at radius 3 is 1.53 bits per heavy atom. The largest absolute Gasteiger partial charge is 0.378 e. The van der Waals surface area contributed by atoms with Crippen molar-refractivity contribution in [3.8, 4) is 0 Å². The van der Waals surface area contributed by atoms with E-state index in [2.05, 4.69) is 26.6 Å². The molecule has 0 radical (unpaired) electrons. The molecule has 0 saturated heterocycles. The average Bonchev–Trinajstić information content (AvgIpc) is 2.82. The highest BCUT2D eigenvalue weighted by Crippen LogP contribution is 2.16. The molecule has 0 fully saturated rings. The van der Waals surface area contributed by atoms with Gasteiger partial charge in [-0.25, -0.2) is 0 Å². The Bertz CT molecular complexity index is 726. The van der Waals surface area contributed by atoms with Gasteiger partial charge in [-0.3, -0.25) is 24.0 Å². The Kier molecular flexibility index (Phi) is 16.3. The molecule has 5 amide bonds. The summed E-state index contributed by atoms with van der Waals surface area (Å²) in [5, 5.41) is 12.3. The third-order valence-electron chi connectivity index (χ3n) is 5.05. The molecule has 0 aromatic rings. The number of hydrogen-bond acceptors (Lipinski definition) is 7. The molecular weight excluding hydrogens is 470 g/mol. The lowest BCUT2D eigenvalue weighted by atomic mass is 9.95. The Labute approximate surface area is 214 Å².